The van der Waals surface area contributed by atoms with Crippen LogP contribution in [0.5, 0.6) is 0 Å². The second-order valence-electron chi connectivity index (χ2n) is 4.69. The van der Waals surface area contributed by atoms with Gasteiger partial charge in [-0.3, -0.25) is 9.89 Å². The Hall–Kier alpha value is -1.85. The van der Waals surface area contributed by atoms with Gasteiger partial charge in [-0.15, -0.1) is 12.4 Å². The van der Waals surface area contributed by atoms with Crippen molar-refractivity contribution in [2.24, 2.45) is 0 Å². The topological polar surface area (TPSA) is 69.8 Å². The first kappa shape index (κ1) is 17.2. The maximum atomic E-state index is 12.2. The minimum atomic E-state index is -0.109. The Morgan fingerprint density at radius 3 is 2.71 bits per heavy atom. The minimum absolute atomic E-state index is 0. The molecule has 21 heavy (non-hydrogen) atoms. The summed E-state index contributed by atoms with van der Waals surface area (Å²) in [5.41, 5.74) is 2.27. The highest BCUT2D eigenvalue weighted by Gasteiger charge is 2.15. The predicted molar refractivity (Wildman–Crippen MR) is 86.7 cm³/mol. The number of hydrogen-bond donors (Lipinski definition) is 3. The van der Waals surface area contributed by atoms with Gasteiger partial charge >= 0.3 is 0 Å². The highest BCUT2D eigenvalue weighted by atomic mass is 35.5. The molecule has 0 saturated carbocycles. The van der Waals surface area contributed by atoms with Crippen LogP contribution in [0.25, 0.3) is 11.3 Å². The highest BCUT2D eigenvalue weighted by Crippen LogP contribution is 2.20. The number of rotatable bonds is 6. The summed E-state index contributed by atoms with van der Waals surface area (Å²) in [7, 11) is 0. The number of hydrogen-bond acceptors (Lipinski definition) is 3. The maximum Gasteiger partial charge on any atom is 0.255 e. The molecule has 114 valence electrons. The minimum Gasteiger partial charge on any atom is -0.350 e. The molecule has 0 saturated heterocycles. The molecular formula is C15H21ClN4O. The van der Waals surface area contributed by atoms with Gasteiger partial charge in [-0.25, -0.2) is 0 Å². The van der Waals surface area contributed by atoms with Crippen molar-refractivity contribution in [3.63, 3.8) is 0 Å². The molecule has 1 atom stereocenters. The van der Waals surface area contributed by atoms with Crippen molar-refractivity contribution < 1.29 is 4.79 Å². The normalized spacial score (nSPS) is 11.5. The van der Waals surface area contributed by atoms with E-state index in [0.29, 0.717) is 12.1 Å². The number of nitrogens with zero attached hydrogens (tertiary/aromatic N) is 1. The molecule has 1 aromatic carbocycles. The molecular weight excluding hydrogens is 288 g/mol. The Morgan fingerprint density at radius 2 is 2.05 bits per heavy atom. The lowest BCUT2D eigenvalue weighted by molar-refractivity contribution is 0.0951. The number of carbonyl (C=O) groups excluding carboxylic acids is 1. The molecule has 2 aromatic rings. The number of carbonyl (C=O) groups is 1. The van der Waals surface area contributed by atoms with E-state index in [1.165, 1.54) is 0 Å². The van der Waals surface area contributed by atoms with Gasteiger partial charge in [0, 0.05) is 18.2 Å². The third kappa shape index (κ3) is 4.58. The van der Waals surface area contributed by atoms with Gasteiger partial charge in [0.05, 0.1) is 17.5 Å². The number of amides is 1. The average molecular weight is 309 g/mol. The van der Waals surface area contributed by atoms with Crippen LogP contribution in [0.2, 0.25) is 0 Å². The van der Waals surface area contributed by atoms with Gasteiger partial charge in [-0.05, 0) is 13.5 Å². The smallest absolute Gasteiger partial charge is 0.255 e. The van der Waals surface area contributed by atoms with Crippen LogP contribution in [0.15, 0.2) is 36.5 Å². The van der Waals surface area contributed by atoms with Crippen LogP contribution in [-0.4, -0.2) is 35.2 Å². The highest BCUT2D eigenvalue weighted by molar-refractivity contribution is 5.99. The molecule has 0 fully saturated rings. The average Bonchev–Trinajstić information content (AvgIpc) is 2.95. The third-order valence-electron chi connectivity index (χ3n) is 3.07. The van der Waals surface area contributed by atoms with Crippen molar-refractivity contribution in [2.75, 3.05) is 13.1 Å². The zero-order valence-electron chi connectivity index (χ0n) is 12.2. The van der Waals surface area contributed by atoms with E-state index < -0.39 is 0 Å². The number of benzene rings is 1. The van der Waals surface area contributed by atoms with E-state index in [0.717, 1.165) is 17.8 Å². The Morgan fingerprint density at radius 1 is 1.33 bits per heavy atom. The largest absolute Gasteiger partial charge is 0.350 e. The van der Waals surface area contributed by atoms with E-state index >= 15 is 0 Å². The predicted octanol–water partition coefficient (Wildman–Crippen LogP) is 2.23. The zero-order chi connectivity index (χ0) is 14.4. The Bertz CT molecular complexity index is 556. The van der Waals surface area contributed by atoms with E-state index in [1.807, 2.05) is 44.2 Å². The fourth-order valence-corrected chi connectivity index (χ4v) is 2.04. The molecule has 0 radical (unpaired) electrons. The van der Waals surface area contributed by atoms with Gasteiger partial charge in [-0.1, -0.05) is 37.3 Å². The number of aromatic nitrogens is 2. The number of likely N-dealkylation sites (N-methyl/N-ethyl adjacent to an activating group) is 1. The van der Waals surface area contributed by atoms with Gasteiger partial charge in [0.15, 0.2) is 0 Å². The number of halogens is 1. The molecule has 0 spiro atoms. The van der Waals surface area contributed by atoms with Crippen molar-refractivity contribution in [2.45, 2.75) is 19.9 Å². The molecule has 0 unspecified atom stereocenters. The van der Waals surface area contributed by atoms with E-state index in [2.05, 4.69) is 20.8 Å². The lowest BCUT2D eigenvalue weighted by Crippen LogP contribution is -2.38. The summed E-state index contributed by atoms with van der Waals surface area (Å²) in [6.45, 7) is 5.56. The number of nitrogens with one attached hydrogen (secondary N) is 3. The summed E-state index contributed by atoms with van der Waals surface area (Å²) >= 11 is 0. The second kappa shape index (κ2) is 8.44. The van der Waals surface area contributed by atoms with Gasteiger partial charge in [-0.2, -0.15) is 5.10 Å². The molecule has 0 aliphatic carbocycles. The van der Waals surface area contributed by atoms with Crippen LogP contribution in [0.3, 0.4) is 0 Å². The van der Waals surface area contributed by atoms with Gasteiger partial charge < -0.3 is 10.6 Å². The third-order valence-corrected chi connectivity index (χ3v) is 3.07. The van der Waals surface area contributed by atoms with Crippen LogP contribution in [0.4, 0.5) is 0 Å². The molecule has 5 nitrogen and oxygen atoms in total. The van der Waals surface area contributed by atoms with Gasteiger partial charge in [0.2, 0.25) is 0 Å². The first-order valence-electron chi connectivity index (χ1n) is 6.82. The van der Waals surface area contributed by atoms with Crippen LogP contribution in [0.1, 0.15) is 24.2 Å². The quantitative estimate of drug-likeness (QED) is 0.766. The van der Waals surface area contributed by atoms with E-state index in [4.69, 9.17) is 0 Å². The molecule has 1 amide bonds. The van der Waals surface area contributed by atoms with E-state index in [-0.39, 0.29) is 24.4 Å². The summed E-state index contributed by atoms with van der Waals surface area (Å²) in [4.78, 5) is 12.2. The first-order chi connectivity index (χ1) is 9.72. The first-order valence-corrected chi connectivity index (χ1v) is 6.82. The fourth-order valence-electron chi connectivity index (χ4n) is 2.04. The lowest BCUT2D eigenvalue weighted by Gasteiger charge is -2.13. The van der Waals surface area contributed by atoms with Crippen LogP contribution in [-0.2, 0) is 0 Å². The summed E-state index contributed by atoms with van der Waals surface area (Å²) < 4.78 is 0. The van der Waals surface area contributed by atoms with Crippen LogP contribution < -0.4 is 10.6 Å². The second-order valence-corrected chi connectivity index (χ2v) is 4.69. The molecule has 3 N–H and O–H groups in total. The van der Waals surface area contributed by atoms with Crippen molar-refractivity contribution in [1.29, 1.82) is 0 Å². The molecule has 1 heterocycles. The molecule has 2 rings (SSSR count). The Balaban J connectivity index is 0.00000220. The monoisotopic (exact) mass is 308 g/mol. The molecule has 0 aliphatic rings. The summed E-state index contributed by atoms with van der Waals surface area (Å²) in [6, 6.07) is 9.96. The number of H-pyrrole nitrogens is 1. The van der Waals surface area contributed by atoms with E-state index in [9.17, 15) is 4.79 Å². The van der Waals surface area contributed by atoms with Gasteiger partial charge in [0.25, 0.3) is 5.91 Å². The number of aromatic amines is 1. The van der Waals surface area contributed by atoms with Gasteiger partial charge in [0.1, 0.15) is 0 Å². The molecule has 1 aromatic heterocycles. The van der Waals surface area contributed by atoms with Crippen molar-refractivity contribution in [3.8, 4) is 11.3 Å². The molecule has 0 bridgehead atoms. The summed E-state index contributed by atoms with van der Waals surface area (Å²) in [6.07, 6.45) is 1.57. The zero-order valence-corrected chi connectivity index (χ0v) is 13.0. The van der Waals surface area contributed by atoms with Crippen LogP contribution >= 0.6 is 12.4 Å². The summed E-state index contributed by atoms with van der Waals surface area (Å²) in [5.74, 6) is -0.109. The van der Waals surface area contributed by atoms with Crippen LogP contribution in [0, 0.1) is 0 Å². The SMILES string of the molecule is CCN[C@H](C)CNC(=O)c1cn[nH]c1-c1ccccc1.Cl. The molecule has 0 aliphatic heterocycles. The summed E-state index contributed by atoms with van der Waals surface area (Å²) in [5, 5.41) is 13.0. The Kier molecular flexibility index (Phi) is 6.91. The van der Waals surface area contributed by atoms with E-state index in [1.54, 1.807) is 6.20 Å². The standard InChI is InChI=1S/C15H20N4O.ClH/c1-3-16-11(2)9-17-15(20)13-10-18-19-14(13)12-7-5-4-6-8-12;/h4-8,10-11,16H,3,9H2,1-2H3,(H,17,20)(H,18,19);1H/t11-;/m1./s1. The van der Waals surface area contributed by atoms with Crippen molar-refractivity contribution >= 4 is 18.3 Å². The Labute approximate surface area is 130 Å². The molecule has 6 heteroatoms. The van der Waals surface area contributed by atoms with Crippen molar-refractivity contribution in [3.05, 3.63) is 42.1 Å². The van der Waals surface area contributed by atoms with Crippen molar-refractivity contribution in [1.82, 2.24) is 20.8 Å². The maximum absolute atomic E-state index is 12.2. The lowest BCUT2D eigenvalue weighted by atomic mass is 10.1. The fraction of sp³-hybridized carbons (Fsp3) is 0.333.